The van der Waals surface area contributed by atoms with Gasteiger partial charge in [0.25, 0.3) is 0 Å². The Balaban J connectivity index is 1.63. The van der Waals surface area contributed by atoms with Crippen LogP contribution in [-0.4, -0.2) is 20.1 Å². The van der Waals surface area contributed by atoms with Gasteiger partial charge in [0.1, 0.15) is 5.82 Å². The van der Waals surface area contributed by atoms with Gasteiger partial charge in [0.2, 0.25) is 0 Å². The second-order valence-corrected chi connectivity index (χ2v) is 5.98. The van der Waals surface area contributed by atoms with E-state index in [0.717, 1.165) is 18.4 Å². The van der Waals surface area contributed by atoms with Crippen molar-refractivity contribution in [3.8, 4) is 0 Å². The number of hydrogen-bond acceptors (Lipinski definition) is 2. The van der Waals surface area contributed by atoms with Gasteiger partial charge in [-0.25, -0.2) is 4.39 Å². The van der Waals surface area contributed by atoms with Crippen molar-refractivity contribution in [2.45, 2.75) is 24.8 Å². The molecule has 1 N–H and O–H groups in total. The van der Waals surface area contributed by atoms with Gasteiger partial charge in [-0.05, 0) is 48.6 Å². The summed E-state index contributed by atoms with van der Waals surface area (Å²) in [4.78, 5) is 2.12. The molecule has 3 heteroatoms. The van der Waals surface area contributed by atoms with Crippen LogP contribution in [0, 0.1) is 5.82 Å². The van der Waals surface area contributed by atoms with E-state index in [4.69, 9.17) is 0 Å². The fourth-order valence-electron chi connectivity index (χ4n) is 2.97. The molecule has 0 bridgehead atoms. The summed E-state index contributed by atoms with van der Waals surface area (Å²) in [5, 5.41) is 3.61. The summed E-state index contributed by atoms with van der Waals surface area (Å²) in [6, 6.07) is 15.8. The minimum atomic E-state index is -0.137. The standard InChI is InChI=1S/C18H21FN2/c1-21(2)18-9-4-3-8-17(18)20-16-11-14(12-16)13-6-5-7-15(19)10-13/h3-10,14,16,20H,11-12H2,1-2H3. The SMILES string of the molecule is CN(C)c1ccccc1NC1CC(c2cccc(F)c2)C1. The average molecular weight is 284 g/mol. The summed E-state index contributed by atoms with van der Waals surface area (Å²) in [5.41, 5.74) is 3.49. The van der Waals surface area contributed by atoms with E-state index in [1.165, 1.54) is 17.4 Å². The van der Waals surface area contributed by atoms with Crippen molar-refractivity contribution in [1.82, 2.24) is 0 Å². The third kappa shape index (κ3) is 3.02. The fourth-order valence-corrected chi connectivity index (χ4v) is 2.97. The zero-order chi connectivity index (χ0) is 14.8. The first-order chi connectivity index (χ1) is 10.1. The highest BCUT2D eigenvalue weighted by molar-refractivity contribution is 5.69. The van der Waals surface area contributed by atoms with Gasteiger partial charge >= 0.3 is 0 Å². The summed E-state index contributed by atoms with van der Waals surface area (Å²) < 4.78 is 13.3. The molecule has 0 heterocycles. The number of hydrogen-bond donors (Lipinski definition) is 1. The van der Waals surface area contributed by atoms with Crippen molar-refractivity contribution in [2.24, 2.45) is 0 Å². The van der Waals surface area contributed by atoms with E-state index < -0.39 is 0 Å². The normalized spacial score (nSPS) is 20.7. The van der Waals surface area contributed by atoms with Crippen LogP contribution in [0.25, 0.3) is 0 Å². The lowest BCUT2D eigenvalue weighted by molar-refractivity contribution is 0.373. The van der Waals surface area contributed by atoms with E-state index in [-0.39, 0.29) is 5.82 Å². The third-order valence-electron chi connectivity index (χ3n) is 4.20. The molecule has 0 atom stereocenters. The predicted octanol–water partition coefficient (Wildman–Crippen LogP) is 4.25. The average Bonchev–Trinajstić information content (AvgIpc) is 2.42. The number of benzene rings is 2. The van der Waals surface area contributed by atoms with Gasteiger partial charge < -0.3 is 10.2 Å². The van der Waals surface area contributed by atoms with Gasteiger partial charge in [0.15, 0.2) is 0 Å². The molecule has 21 heavy (non-hydrogen) atoms. The van der Waals surface area contributed by atoms with Gasteiger partial charge in [-0.1, -0.05) is 24.3 Å². The summed E-state index contributed by atoms with van der Waals surface area (Å²) in [6.07, 6.45) is 2.12. The van der Waals surface area contributed by atoms with Crippen LogP contribution in [0.4, 0.5) is 15.8 Å². The zero-order valence-electron chi connectivity index (χ0n) is 12.5. The van der Waals surface area contributed by atoms with Crippen LogP contribution < -0.4 is 10.2 Å². The van der Waals surface area contributed by atoms with E-state index in [9.17, 15) is 4.39 Å². The maximum atomic E-state index is 13.3. The van der Waals surface area contributed by atoms with Crippen molar-refractivity contribution in [3.63, 3.8) is 0 Å². The molecular formula is C18H21FN2. The van der Waals surface area contributed by atoms with Crippen LogP contribution >= 0.6 is 0 Å². The van der Waals surface area contributed by atoms with E-state index in [0.29, 0.717) is 12.0 Å². The molecule has 2 nitrogen and oxygen atoms in total. The Kier molecular flexibility index (Phi) is 3.82. The van der Waals surface area contributed by atoms with E-state index >= 15 is 0 Å². The van der Waals surface area contributed by atoms with Crippen LogP contribution in [-0.2, 0) is 0 Å². The molecule has 0 aromatic heterocycles. The zero-order valence-corrected chi connectivity index (χ0v) is 12.5. The van der Waals surface area contributed by atoms with Gasteiger partial charge in [-0.15, -0.1) is 0 Å². The molecule has 2 aromatic carbocycles. The Labute approximate surface area is 125 Å². The predicted molar refractivity (Wildman–Crippen MR) is 86.6 cm³/mol. The van der Waals surface area contributed by atoms with E-state index in [1.807, 2.05) is 6.07 Å². The lowest BCUT2D eigenvalue weighted by Crippen LogP contribution is -2.34. The highest BCUT2D eigenvalue weighted by atomic mass is 19.1. The number of nitrogens with one attached hydrogen (secondary N) is 1. The molecule has 2 aromatic rings. The second kappa shape index (κ2) is 5.76. The number of nitrogens with zero attached hydrogens (tertiary/aromatic N) is 1. The fraction of sp³-hybridized carbons (Fsp3) is 0.333. The molecular weight excluding hydrogens is 263 g/mol. The number of para-hydroxylation sites is 2. The minimum Gasteiger partial charge on any atom is -0.381 e. The largest absolute Gasteiger partial charge is 0.381 e. The molecule has 110 valence electrons. The smallest absolute Gasteiger partial charge is 0.123 e. The van der Waals surface area contributed by atoms with E-state index in [1.54, 1.807) is 12.1 Å². The minimum absolute atomic E-state index is 0.137. The molecule has 0 unspecified atom stereocenters. The van der Waals surface area contributed by atoms with Crippen molar-refractivity contribution in [2.75, 3.05) is 24.3 Å². The highest BCUT2D eigenvalue weighted by Crippen LogP contribution is 2.39. The second-order valence-electron chi connectivity index (χ2n) is 5.98. The molecule has 3 rings (SSSR count). The van der Waals surface area contributed by atoms with Gasteiger partial charge in [0, 0.05) is 20.1 Å². The maximum Gasteiger partial charge on any atom is 0.123 e. The van der Waals surface area contributed by atoms with Gasteiger partial charge in [-0.2, -0.15) is 0 Å². The van der Waals surface area contributed by atoms with Crippen molar-refractivity contribution >= 4 is 11.4 Å². The van der Waals surface area contributed by atoms with Crippen LogP contribution in [0.15, 0.2) is 48.5 Å². The molecule has 1 aliphatic rings. The first-order valence-electron chi connectivity index (χ1n) is 7.42. The van der Waals surface area contributed by atoms with Crippen LogP contribution in [0.2, 0.25) is 0 Å². The van der Waals surface area contributed by atoms with Gasteiger partial charge in [-0.3, -0.25) is 0 Å². The highest BCUT2D eigenvalue weighted by Gasteiger charge is 2.30. The Hall–Kier alpha value is -2.03. The Bertz CT molecular complexity index is 618. The lowest BCUT2D eigenvalue weighted by Gasteiger charge is -2.37. The summed E-state index contributed by atoms with van der Waals surface area (Å²) in [7, 11) is 4.10. The molecule has 1 saturated carbocycles. The van der Waals surface area contributed by atoms with Crippen molar-refractivity contribution in [1.29, 1.82) is 0 Å². The maximum absolute atomic E-state index is 13.3. The Morgan fingerprint density at radius 3 is 2.52 bits per heavy atom. The number of rotatable bonds is 4. The molecule has 0 aliphatic heterocycles. The van der Waals surface area contributed by atoms with Crippen LogP contribution in [0.5, 0.6) is 0 Å². The number of halogens is 1. The molecule has 0 radical (unpaired) electrons. The van der Waals surface area contributed by atoms with Crippen LogP contribution in [0.3, 0.4) is 0 Å². The summed E-state index contributed by atoms with van der Waals surface area (Å²) >= 11 is 0. The molecule has 1 fully saturated rings. The first-order valence-corrected chi connectivity index (χ1v) is 7.42. The summed E-state index contributed by atoms with van der Waals surface area (Å²) in [6.45, 7) is 0. The molecule has 1 aliphatic carbocycles. The quantitative estimate of drug-likeness (QED) is 0.903. The molecule has 0 saturated heterocycles. The monoisotopic (exact) mass is 284 g/mol. The Morgan fingerprint density at radius 2 is 1.81 bits per heavy atom. The molecule has 0 spiro atoms. The van der Waals surface area contributed by atoms with Crippen LogP contribution in [0.1, 0.15) is 24.3 Å². The van der Waals surface area contributed by atoms with E-state index in [2.05, 4.69) is 48.6 Å². The third-order valence-corrected chi connectivity index (χ3v) is 4.20. The summed E-state index contributed by atoms with van der Waals surface area (Å²) in [5.74, 6) is 0.339. The lowest BCUT2D eigenvalue weighted by atomic mass is 9.76. The van der Waals surface area contributed by atoms with Crippen molar-refractivity contribution < 1.29 is 4.39 Å². The number of anilines is 2. The van der Waals surface area contributed by atoms with Crippen molar-refractivity contribution in [3.05, 3.63) is 59.9 Å². The van der Waals surface area contributed by atoms with Gasteiger partial charge in [0.05, 0.1) is 11.4 Å². The molecule has 0 amide bonds. The first kappa shape index (κ1) is 13.9. The topological polar surface area (TPSA) is 15.3 Å². The Morgan fingerprint density at radius 1 is 1.05 bits per heavy atom.